The van der Waals surface area contributed by atoms with Gasteiger partial charge in [0.2, 0.25) is 10.0 Å². The summed E-state index contributed by atoms with van der Waals surface area (Å²) in [5.74, 6) is -1.03. The summed E-state index contributed by atoms with van der Waals surface area (Å²) in [4.78, 5) is 11.0. The molecule has 24 heavy (non-hydrogen) atoms. The number of rotatable bonds is 5. The lowest BCUT2D eigenvalue weighted by Gasteiger charge is -2.26. The Morgan fingerprint density at radius 1 is 1.04 bits per heavy atom. The van der Waals surface area contributed by atoms with Crippen molar-refractivity contribution in [1.82, 2.24) is 0 Å². The molecule has 2 N–H and O–H groups in total. The first-order valence-corrected chi connectivity index (χ1v) is 9.81. The Morgan fingerprint density at radius 3 is 2.42 bits per heavy atom. The molecule has 1 fully saturated rings. The molecule has 0 saturated heterocycles. The number of nitrogens with one attached hydrogen (secondary N) is 1. The van der Waals surface area contributed by atoms with Crippen molar-refractivity contribution < 1.29 is 18.3 Å². The monoisotopic (exact) mass is 347 g/mol. The van der Waals surface area contributed by atoms with Gasteiger partial charge in [0, 0.05) is 5.39 Å². The van der Waals surface area contributed by atoms with E-state index in [9.17, 15) is 13.2 Å². The number of fused-ring (bicyclic) bond motifs is 1. The highest BCUT2D eigenvalue weighted by Gasteiger charge is 2.29. The topological polar surface area (TPSA) is 83.5 Å². The number of anilines is 1. The quantitative estimate of drug-likeness (QED) is 0.867. The maximum Gasteiger partial charge on any atom is 0.306 e. The van der Waals surface area contributed by atoms with Crippen molar-refractivity contribution in [3.63, 3.8) is 0 Å². The molecule has 0 unspecified atom stereocenters. The normalized spacial score (nSPS) is 21.5. The van der Waals surface area contributed by atoms with Gasteiger partial charge >= 0.3 is 5.97 Å². The average Bonchev–Trinajstić information content (AvgIpc) is 2.55. The van der Waals surface area contributed by atoms with E-state index in [1.807, 2.05) is 36.4 Å². The van der Waals surface area contributed by atoms with Gasteiger partial charge in [-0.2, -0.15) is 0 Å². The van der Waals surface area contributed by atoms with Gasteiger partial charge in [-0.1, -0.05) is 36.4 Å². The van der Waals surface area contributed by atoms with E-state index >= 15 is 0 Å². The molecule has 1 aliphatic carbocycles. The van der Waals surface area contributed by atoms with E-state index in [2.05, 4.69) is 4.72 Å². The number of carboxylic acids is 1. The van der Waals surface area contributed by atoms with Crippen molar-refractivity contribution in [2.24, 2.45) is 11.8 Å². The van der Waals surface area contributed by atoms with Crippen LogP contribution in [0.25, 0.3) is 10.8 Å². The minimum Gasteiger partial charge on any atom is -0.481 e. The number of carboxylic acid groups (broad SMARTS) is 1. The zero-order valence-corrected chi connectivity index (χ0v) is 14.1. The summed E-state index contributed by atoms with van der Waals surface area (Å²) in [6.45, 7) is 0. The predicted molar refractivity (Wildman–Crippen MR) is 94.4 cm³/mol. The van der Waals surface area contributed by atoms with Gasteiger partial charge in [-0.05, 0) is 43.1 Å². The van der Waals surface area contributed by atoms with Crippen molar-refractivity contribution in [2.75, 3.05) is 10.5 Å². The smallest absolute Gasteiger partial charge is 0.306 e. The molecule has 0 aromatic heterocycles. The molecule has 1 aliphatic rings. The molecule has 0 amide bonds. The van der Waals surface area contributed by atoms with Crippen LogP contribution in [0.4, 0.5) is 5.69 Å². The minimum absolute atomic E-state index is 0.0214. The lowest BCUT2D eigenvalue weighted by atomic mass is 9.83. The second-order valence-electron chi connectivity index (χ2n) is 6.47. The fourth-order valence-electron chi connectivity index (χ4n) is 3.41. The third-order valence-electron chi connectivity index (χ3n) is 4.71. The van der Waals surface area contributed by atoms with Crippen LogP contribution in [0.5, 0.6) is 0 Å². The molecule has 3 rings (SSSR count). The lowest BCUT2D eigenvalue weighted by Crippen LogP contribution is -2.28. The Labute approximate surface area is 141 Å². The first-order valence-electron chi connectivity index (χ1n) is 8.16. The Morgan fingerprint density at radius 2 is 1.71 bits per heavy atom. The first kappa shape index (κ1) is 16.8. The van der Waals surface area contributed by atoms with Crippen molar-refractivity contribution in [1.29, 1.82) is 0 Å². The van der Waals surface area contributed by atoms with Crippen LogP contribution in [-0.2, 0) is 14.8 Å². The van der Waals surface area contributed by atoms with Crippen molar-refractivity contribution in [2.45, 2.75) is 25.7 Å². The molecule has 0 bridgehead atoms. The third-order valence-corrected chi connectivity index (χ3v) is 6.15. The average molecular weight is 347 g/mol. The van der Waals surface area contributed by atoms with Crippen LogP contribution in [0.1, 0.15) is 25.7 Å². The van der Waals surface area contributed by atoms with Crippen LogP contribution in [-0.4, -0.2) is 25.2 Å². The largest absolute Gasteiger partial charge is 0.481 e. The molecule has 2 aromatic carbocycles. The van der Waals surface area contributed by atoms with Crippen LogP contribution in [0.3, 0.4) is 0 Å². The Kier molecular flexibility index (Phi) is 4.76. The minimum atomic E-state index is -3.46. The summed E-state index contributed by atoms with van der Waals surface area (Å²) in [7, 11) is -3.46. The molecule has 6 heteroatoms. The van der Waals surface area contributed by atoms with Crippen LogP contribution in [0.15, 0.2) is 42.5 Å². The van der Waals surface area contributed by atoms with Gasteiger partial charge in [-0.25, -0.2) is 8.42 Å². The van der Waals surface area contributed by atoms with E-state index in [-0.39, 0.29) is 17.6 Å². The Bertz CT molecular complexity index is 834. The molecule has 128 valence electrons. The Hall–Kier alpha value is -2.08. The van der Waals surface area contributed by atoms with Crippen molar-refractivity contribution >= 4 is 32.5 Å². The van der Waals surface area contributed by atoms with Crippen LogP contribution in [0.2, 0.25) is 0 Å². The number of hydrogen-bond acceptors (Lipinski definition) is 3. The van der Waals surface area contributed by atoms with Gasteiger partial charge in [0.05, 0.1) is 17.4 Å². The maximum absolute atomic E-state index is 12.5. The number of sulfonamides is 1. The van der Waals surface area contributed by atoms with Gasteiger partial charge in [0.25, 0.3) is 0 Å². The molecule has 0 atom stereocenters. The lowest BCUT2D eigenvalue weighted by molar-refractivity contribution is -0.143. The molecular formula is C18H21NO4S. The van der Waals surface area contributed by atoms with Gasteiger partial charge in [0.1, 0.15) is 0 Å². The Balaban J connectivity index is 1.69. The summed E-state index contributed by atoms with van der Waals surface area (Å²) < 4.78 is 27.7. The summed E-state index contributed by atoms with van der Waals surface area (Å²) in [6.07, 6.45) is 2.41. The molecule has 0 heterocycles. The van der Waals surface area contributed by atoms with E-state index in [1.54, 1.807) is 6.07 Å². The zero-order valence-electron chi connectivity index (χ0n) is 13.3. The molecule has 0 spiro atoms. The molecule has 2 aromatic rings. The summed E-state index contributed by atoms with van der Waals surface area (Å²) >= 11 is 0. The SMILES string of the molecule is O=C(O)C1CCC(CS(=O)(=O)Nc2cccc3ccccc23)CC1. The highest BCUT2D eigenvalue weighted by atomic mass is 32.2. The van der Waals surface area contributed by atoms with E-state index in [0.29, 0.717) is 31.4 Å². The number of carbonyl (C=O) groups is 1. The maximum atomic E-state index is 12.5. The third kappa shape index (κ3) is 3.87. The highest BCUT2D eigenvalue weighted by Crippen LogP contribution is 2.31. The number of aliphatic carboxylic acids is 1. The summed E-state index contributed by atoms with van der Waals surface area (Å²) in [5, 5.41) is 10.9. The zero-order chi connectivity index (χ0) is 17.2. The fraction of sp³-hybridized carbons (Fsp3) is 0.389. The van der Waals surface area contributed by atoms with Gasteiger partial charge in [0.15, 0.2) is 0 Å². The molecule has 5 nitrogen and oxygen atoms in total. The summed E-state index contributed by atoms with van der Waals surface area (Å²) in [5.41, 5.74) is 0.590. The highest BCUT2D eigenvalue weighted by molar-refractivity contribution is 7.92. The van der Waals surface area contributed by atoms with Crippen LogP contribution in [0, 0.1) is 11.8 Å². The van der Waals surface area contributed by atoms with E-state index in [0.717, 1.165) is 10.8 Å². The van der Waals surface area contributed by atoms with Crippen molar-refractivity contribution in [3.8, 4) is 0 Å². The van der Waals surface area contributed by atoms with Gasteiger partial charge in [-0.15, -0.1) is 0 Å². The second-order valence-corrected chi connectivity index (χ2v) is 8.23. The second kappa shape index (κ2) is 6.81. The van der Waals surface area contributed by atoms with Gasteiger partial charge < -0.3 is 5.11 Å². The molecular weight excluding hydrogens is 326 g/mol. The standard InChI is InChI=1S/C18H21NO4S/c20-18(21)15-10-8-13(9-11-15)12-24(22,23)19-17-7-3-5-14-4-1-2-6-16(14)17/h1-7,13,15,19H,8-12H2,(H,20,21). The molecule has 0 radical (unpaired) electrons. The molecule has 1 saturated carbocycles. The number of benzene rings is 2. The van der Waals surface area contributed by atoms with Crippen LogP contribution < -0.4 is 4.72 Å². The number of hydrogen-bond donors (Lipinski definition) is 2. The summed E-state index contributed by atoms with van der Waals surface area (Å²) in [6, 6.07) is 13.2. The van der Waals surface area contributed by atoms with Crippen molar-refractivity contribution in [3.05, 3.63) is 42.5 Å². The van der Waals surface area contributed by atoms with E-state index < -0.39 is 16.0 Å². The first-order chi connectivity index (χ1) is 11.4. The molecule has 0 aliphatic heterocycles. The van der Waals surface area contributed by atoms with Gasteiger partial charge in [-0.3, -0.25) is 9.52 Å². The van der Waals surface area contributed by atoms with Crippen LogP contribution >= 0.6 is 0 Å². The van der Waals surface area contributed by atoms with E-state index in [1.165, 1.54) is 0 Å². The predicted octanol–water partition coefficient (Wildman–Crippen LogP) is 3.47. The fourth-order valence-corrected chi connectivity index (χ4v) is 4.96. The van der Waals surface area contributed by atoms with E-state index in [4.69, 9.17) is 5.11 Å².